The summed E-state index contributed by atoms with van der Waals surface area (Å²) in [5.74, 6) is -0.357. The predicted molar refractivity (Wildman–Crippen MR) is 175 cm³/mol. The molecule has 0 aliphatic heterocycles. The van der Waals surface area contributed by atoms with Gasteiger partial charge in [-0.05, 0) is 12.8 Å². The zero-order valence-corrected chi connectivity index (χ0v) is 27.9. The number of unbranched alkanes of at least 4 members (excludes halogenated alkanes) is 24. The average molecular weight is 599 g/mol. The number of hydrogen-bond donors (Lipinski definition) is 3. The molecule has 0 rings (SSSR count). The summed E-state index contributed by atoms with van der Waals surface area (Å²) in [7, 11) is 0. The standard InChI is InChI=1S/C35H70N2O5/c1-3-5-7-9-11-13-15-17-19-21-23-25-27-29-34(39)36-41-32-33(31-38)42-37-35(40)30-28-26-24-22-20-18-16-14-12-10-8-6-4-2/h33,38H,3-32H2,1-2H3,(H,36,39)(H,37,40)/t33-/m0/s1. The second-order valence-corrected chi connectivity index (χ2v) is 12.3. The number of carbonyl (C=O) groups is 2. The molecule has 1 atom stereocenters. The fraction of sp³-hybridized carbons (Fsp3) is 0.943. The Morgan fingerprint density at radius 3 is 1.14 bits per heavy atom. The highest BCUT2D eigenvalue weighted by atomic mass is 16.7. The molecule has 0 aromatic carbocycles. The topological polar surface area (TPSA) is 96.9 Å². The Labute approximate surface area is 259 Å². The van der Waals surface area contributed by atoms with Crippen LogP contribution in [0.5, 0.6) is 0 Å². The van der Waals surface area contributed by atoms with Gasteiger partial charge in [-0.25, -0.2) is 11.0 Å². The molecular weight excluding hydrogens is 528 g/mol. The van der Waals surface area contributed by atoms with Gasteiger partial charge in [0.15, 0.2) is 0 Å². The van der Waals surface area contributed by atoms with E-state index in [1.54, 1.807) is 0 Å². The number of aliphatic hydroxyl groups is 1. The van der Waals surface area contributed by atoms with Crippen molar-refractivity contribution in [3.8, 4) is 0 Å². The Kier molecular flexibility index (Phi) is 33.3. The van der Waals surface area contributed by atoms with Gasteiger partial charge in [-0.1, -0.05) is 168 Å². The first-order valence-electron chi connectivity index (χ1n) is 18.1. The van der Waals surface area contributed by atoms with E-state index in [0.29, 0.717) is 12.8 Å². The molecule has 0 radical (unpaired) electrons. The minimum atomic E-state index is -0.725. The Morgan fingerprint density at radius 2 is 0.810 bits per heavy atom. The largest absolute Gasteiger partial charge is 0.393 e. The highest BCUT2D eigenvalue weighted by Crippen LogP contribution is 2.14. The van der Waals surface area contributed by atoms with Crippen molar-refractivity contribution in [2.45, 2.75) is 200 Å². The number of carbonyl (C=O) groups excluding carboxylic acids is 2. The van der Waals surface area contributed by atoms with Crippen molar-refractivity contribution in [2.24, 2.45) is 0 Å². The van der Waals surface area contributed by atoms with E-state index >= 15 is 0 Å². The van der Waals surface area contributed by atoms with E-state index in [0.717, 1.165) is 32.1 Å². The molecule has 0 saturated carbocycles. The molecule has 0 aliphatic rings. The van der Waals surface area contributed by atoms with Gasteiger partial charge in [-0.2, -0.15) is 0 Å². The maximum atomic E-state index is 12.0. The smallest absolute Gasteiger partial charge is 0.243 e. The van der Waals surface area contributed by atoms with E-state index in [-0.39, 0.29) is 25.0 Å². The van der Waals surface area contributed by atoms with Crippen LogP contribution in [0.1, 0.15) is 194 Å². The van der Waals surface area contributed by atoms with Gasteiger partial charge in [0.25, 0.3) is 0 Å². The van der Waals surface area contributed by atoms with E-state index in [4.69, 9.17) is 9.68 Å². The van der Waals surface area contributed by atoms with Crippen LogP contribution >= 0.6 is 0 Å². The lowest BCUT2D eigenvalue weighted by Gasteiger charge is -2.15. The van der Waals surface area contributed by atoms with Crippen LogP contribution in [0.2, 0.25) is 0 Å². The van der Waals surface area contributed by atoms with Gasteiger partial charge < -0.3 is 5.11 Å². The Hall–Kier alpha value is -1.18. The first-order chi connectivity index (χ1) is 20.6. The Bertz CT molecular complexity index is 576. The molecule has 0 heterocycles. The van der Waals surface area contributed by atoms with Gasteiger partial charge in [0.1, 0.15) is 12.7 Å². The summed E-state index contributed by atoms with van der Waals surface area (Å²) >= 11 is 0. The van der Waals surface area contributed by atoms with Gasteiger partial charge in [0.2, 0.25) is 11.8 Å². The fourth-order valence-corrected chi connectivity index (χ4v) is 5.20. The minimum absolute atomic E-state index is 0.0279. The van der Waals surface area contributed by atoms with Gasteiger partial charge >= 0.3 is 0 Å². The molecule has 0 fully saturated rings. The molecule has 0 saturated heterocycles. The minimum Gasteiger partial charge on any atom is -0.393 e. The average Bonchev–Trinajstić information content (AvgIpc) is 2.99. The third-order valence-electron chi connectivity index (χ3n) is 8.01. The zero-order valence-electron chi connectivity index (χ0n) is 27.9. The van der Waals surface area contributed by atoms with Crippen molar-refractivity contribution in [1.82, 2.24) is 11.0 Å². The van der Waals surface area contributed by atoms with E-state index in [1.165, 1.54) is 135 Å². The highest BCUT2D eigenvalue weighted by molar-refractivity contribution is 5.75. The molecule has 2 amide bonds. The van der Waals surface area contributed by atoms with Crippen LogP contribution in [0.25, 0.3) is 0 Å². The van der Waals surface area contributed by atoms with Gasteiger partial charge in [-0.3, -0.25) is 19.3 Å². The number of hydrogen-bond acceptors (Lipinski definition) is 5. The summed E-state index contributed by atoms with van der Waals surface area (Å²) in [6.07, 6.45) is 33.1. The highest BCUT2D eigenvalue weighted by Gasteiger charge is 2.12. The van der Waals surface area contributed by atoms with Crippen molar-refractivity contribution < 1.29 is 24.4 Å². The summed E-state index contributed by atoms with van der Waals surface area (Å²) in [6, 6.07) is 0. The first kappa shape index (κ1) is 40.8. The Morgan fingerprint density at radius 1 is 0.500 bits per heavy atom. The zero-order chi connectivity index (χ0) is 30.8. The second-order valence-electron chi connectivity index (χ2n) is 12.3. The van der Waals surface area contributed by atoms with Crippen LogP contribution in [0, 0.1) is 0 Å². The molecule has 250 valence electrons. The maximum absolute atomic E-state index is 12.0. The van der Waals surface area contributed by atoms with Crippen molar-refractivity contribution in [3.63, 3.8) is 0 Å². The van der Waals surface area contributed by atoms with E-state index in [9.17, 15) is 14.7 Å². The van der Waals surface area contributed by atoms with Gasteiger partial charge in [0, 0.05) is 12.8 Å². The van der Waals surface area contributed by atoms with Crippen LogP contribution < -0.4 is 11.0 Å². The fourth-order valence-electron chi connectivity index (χ4n) is 5.20. The monoisotopic (exact) mass is 599 g/mol. The van der Waals surface area contributed by atoms with Crippen molar-refractivity contribution >= 4 is 11.8 Å². The lowest BCUT2D eigenvalue weighted by Crippen LogP contribution is -2.37. The lowest BCUT2D eigenvalue weighted by atomic mass is 10.0. The second kappa shape index (κ2) is 34.3. The molecule has 7 heteroatoms. The van der Waals surface area contributed by atoms with Gasteiger partial charge in [0.05, 0.1) is 6.61 Å². The molecule has 0 aliphatic carbocycles. The molecule has 0 aromatic heterocycles. The number of hydroxylamine groups is 2. The summed E-state index contributed by atoms with van der Waals surface area (Å²) in [5.41, 5.74) is 4.82. The lowest BCUT2D eigenvalue weighted by molar-refractivity contribution is -0.154. The van der Waals surface area contributed by atoms with E-state index in [1.807, 2.05) is 0 Å². The van der Waals surface area contributed by atoms with Crippen molar-refractivity contribution in [2.75, 3.05) is 13.2 Å². The summed E-state index contributed by atoms with van der Waals surface area (Å²) in [4.78, 5) is 34.4. The number of amides is 2. The Balaban J connectivity index is 3.50. The summed E-state index contributed by atoms with van der Waals surface area (Å²) < 4.78 is 0. The predicted octanol–water partition coefficient (Wildman–Crippen LogP) is 9.41. The molecule has 0 aromatic rings. The third-order valence-corrected chi connectivity index (χ3v) is 8.01. The maximum Gasteiger partial charge on any atom is 0.243 e. The number of aliphatic hydroxyl groups excluding tert-OH is 1. The molecular formula is C35H70N2O5. The quantitative estimate of drug-likeness (QED) is 0.0506. The number of rotatable bonds is 34. The molecule has 0 bridgehead atoms. The van der Waals surface area contributed by atoms with E-state index < -0.39 is 6.10 Å². The molecule has 0 unspecified atom stereocenters. The summed E-state index contributed by atoms with van der Waals surface area (Å²) in [6.45, 7) is 4.18. The SMILES string of the molecule is CCCCCCCCCCCCCCCC(=O)NOC[C@H](CO)ONC(=O)CCCCCCCCCCCCCCC. The van der Waals surface area contributed by atoms with E-state index in [2.05, 4.69) is 24.8 Å². The third kappa shape index (κ3) is 31.7. The molecule has 3 N–H and O–H groups in total. The van der Waals surface area contributed by atoms with Crippen LogP contribution in [0.4, 0.5) is 0 Å². The van der Waals surface area contributed by atoms with Crippen LogP contribution in [0.15, 0.2) is 0 Å². The molecule has 0 spiro atoms. The first-order valence-corrected chi connectivity index (χ1v) is 18.1. The van der Waals surface area contributed by atoms with Crippen molar-refractivity contribution in [3.05, 3.63) is 0 Å². The molecule has 7 nitrogen and oxygen atoms in total. The molecule has 42 heavy (non-hydrogen) atoms. The van der Waals surface area contributed by atoms with Crippen LogP contribution in [-0.4, -0.2) is 36.2 Å². The van der Waals surface area contributed by atoms with Gasteiger partial charge in [-0.15, -0.1) is 0 Å². The number of nitrogens with one attached hydrogen (secondary N) is 2. The van der Waals surface area contributed by atoms with Crippen LogP contribution in [-0.2, 0) is 19.3 Å². The van der Waals surface area contributed by atoms with Crippen molar-refractivity contribution in [1.29, 1.82) is 0 Å². The normalized spacial score (nSPS) is 12.0. The van der Waals surface area contributed by atoms with Crippen LogP contribution in [0.3, 0.4) is 0 Å². The summed E-state index contributed by atoms with van der Waals surface area (Å²) in [5, 5.41) is 9.47.